The molecule has 0 spiro atoms. The topological polar surface area (TPSA) is 57.5 Å². The van der Waals surface area contributed by atoms with Crippen molar-refractivity contribution in [3.8, 4) is 5.75 Å². The Kier molecular flexibility index (Phi) is 4.46. The molecule has 2 aromatic rings. The van der Waals surface area contributed by atoms with Gasteiger partial charge in [0.15, 0.2) is 0 Å². The largest absolute Gasteiger partial charge is 0.507 e. The van der Waals surface area contributed by atoms with E-state index in [-0.39, 0.29) is 22.1 Å². The monoisotopic (exact) mass is 364 g/mol. The summed E-state index contributed by atoms with van der Waals surface area (Å²) in [5, 5.41) is 19.2. The zero-order chi connectivity index (χ0) is 20.1. The van der Waals surface area contributed by atoms with Crippen LogP contribution in [0.3, 0.4) is 0 Å². The highest BCUT2D eigenvalue weighted by Crippen LogP contribution is 2.47. The molecule has 0 saturated carbocycles. The van der Waals surface area contributed by atoms with Gasteiger partial charge in [-0.15, -0.1) is 0 Å². The van der Waals surface area contributed by atoms with Crippen LogP contribution in [0.1, 0.15) is 78.7 Å². The third kappa shape index (κ3) is 3.27. The summed E-state index contributed by atoms with van der Waals surface area (Å²) >= 11 is 0. The van der Waals surface area contributed by atoms with Crippen LogP contribution in [0.4, 0.5) is 0 Å². The zero-order valence-corrected chi connectivity index (χ0v) is 16.8. The summed E-state index contributed by atoms with van der Waals surface area (Å²) in [5.41, 5.74) is 6.61. The minimum Gasteiger partial charge on any atom is -0.507 e. The number of hydrogen-bond acceptors (Lipinski definition) is 2. The van der Waals surface area contributed by atoms with Crippen LogP contribution in [0, 0.1) is 6.92 Å². The molecule has 0 aliphatic heterocycles. The molecule has 0 aromatic heterocycles. The van der Waals surface area contributed by atoms with Crippen LogP contribution in [0.15, 0.2) is 36.9 Å². The predicted octanol–water partition coefficient (Wildman–Crippen LogP) is 5.81. The number of aromatic hydroxyl groups is 1. The average Bonchev–Trinajstić information content (AvgIpc) is 2.57. The van der Waals surface area contributed by atoms with Gasteiger partial charge in [0.2, 0.25) is 0 Å². The standard InChI is InChI=1S/C24H28O3/c1-14-11-19-20(24(5,6)10-9-23(19,3)4)13-18(14)15(2)16-7-8-17(22(26)27)21(25)12-16/h7-8,11-13,25H,2,9-10H2,1,3-6H3,(H,26,27). The van der Waals surface area contributed by atoms with E-state index in [0.717, 1.165) is 35.1 Å². The molecular weight excluding hydrogens is 336 g/mol. The smallest absolute Gasteiger partial charge is 0.339 e. The molecule has 3 rings (SSSR count). The Labute approximate surface area is 161 Å². The minimum atomic E-state index is -1.14. The lowest BCUT2D eigenvalue weighted by molar-refractivity contribution is 0.0693. The molecule has 27 heavy (non-hydrogen) atoms. The molecule has 0 fully saturated rings. The van der Waals surface area contributed by atoms with Gasteiger partial charge < -0.3 is 10.2 Å². The molecule has 2 N–H and O–H groups in total. The first-order valence-corrected chi connectivity index (χ1v) is 9.35. The van der Waals surface area contributed by atoms with Crippen molar-refractivity contribution < 1.29 is 15.0 Å². The molecule has 0 radical (unpaired) electrons. The van der Waals surface area contributed by atoms with Crippen molar-refractivity contribution in [2.45, 2.75) is 58.3 Å². The normalized spacial score (nSPS) is 17.2. The van der Waals surface area contributed by atoms with Gasteiger partial charge in [0.05, 0.1) is 0 Å². The first kappa shape index (κ1) is 19.2. The summed E-state index contributed by atoms with van der Waals surface area (Å²) in [5.74, 6) is -1.38. The fraction of sp³-hybridized carbons (Fsp3) is 0.375. The van der Waals surface area contributed by atoms with Gasteiger partial charge >= 0.3 is 5.97 Å². The Morgan fingerprint density at radius 1 is 0.963 bits per heavy atom. The maximum Gasteiger partial charge on any atom is 0.339 e. The van der Waals surface area contributed by atoms with Gasteiger partial charge in [0.25, 0.3) is 0 Å². The molecule has 3 nitrogen and oxygen atoms in total. The number of aromatic carboxylic acids is 1. The highest BCUT2D eigenvalue weighted by molar-refractivity contribution is 5.92. The molecule has 142 valence electrons. The predicted molar refractivity (Wildman–Crippen MR) is 110 cm³/mol. The summed E-state index contributed by atoms with van der Waals surface area (Å²) in [6, 6.07) is 9.15. The van der Waals surface area contributed by atoms with Crippen molar-refractivity contribution in [1.29, 1.82) is 0 Å². The number of phenols is 1. The SMILES string of the molecule is C=C(c1ccc(C(=O)O)c(O)c1)c1cc2c(cc1C)C(C)(C)CCC2(C)C. The van der Waals surface area contributed by atoms with E-state index >= 15 is 0 Å². The zero-order valence-electron chi connectivity index (χ0n) is 16.8. The molecule has 2 aromatic carbocycles. The second-order valence-electron chi connectivity index (χ2n) is 9.00. The Hall–Kier alpha value is -2.55. The lowest BCUT2D eigenvalue weighted by Crippen LogP contribution is -2.34. The van der Waals surface area contributed by atoms with Crippen molar-refractivity contribution in [2.24, 2.45) is 0 Å². The maximum absolute atomic E-state index is 11.1. The molecule has 0 heterocycles. The highest BCUT2D eigenvalue weighted by atomic mass is 16.4. The Morgan fingerprint density at radius 3 is 2.04 bits per heavy atom. The van der Waals surface area contributed by atoms with E-state index in [1.54, 1.807) is 6.07 Å². The Bertz CT molecular complexity index is 948. The Morgan fingerprint density at radius 2 is 1.52 bits per heavy atom. The molecule has 1 aliphatic carbocycles. The van der Waals surface area contributed by atoms with E-state index in [0.29, 0.717) is 0 Å². The summed E-state index contributed by atoms with van der Waals surface area (Å²) in [6.45, 7) is 15.5. The molecule has 3 heteroatoms. The van der Waals surface area contributed by atoms with Crippen molar-refractivity contribution in [3.05, 3.63) is 70.3 Å². The maximum atomic E-state index is 11.1. The van der Waals surface area contributed by atoms with E-state index in [9.17, 15) is 9.90 Å². The van der Waals surface area contributed by atoms with Gasteiger partial charge in [-0.2, -0.15) is 0 Å². The van der Waals surface area contributed by atoms with E-state index in [2.05, 4.69) is 53.3 Å². The van der Waals surface area contributed by atoms with Gasteiger partial charge in [0, 0.05) is 0 Å². The third-order valence-corrected chi connectivity index (χ3v) is 6.10. The van der Waals surface area contributed by atoms with Gasteiger partial charge in [-0.3, -0.25) is 0 Å². The third-order valence-electron chi connectivity index (χ3n) is 6.10. The van der Waals surface area contributed by atoms with Crippen LogP contribution < -0.4 is 0 Å². The van der Waals surface area contributed by atoms with Gasteiger partial charge in [0.1, 0.15) is 11.3 Å². The lowest BCUT2D eigenvalue weighted by atomic mass is 9.62. The summed E-state index contributed by atoms with van der Waals surface area (Å²) in [4.78, 5) is 11.1. The minimum absolute atomic E-state index is 0.100. The quantitative estimate of drug-likeness (QED) is 0.722. The average molecular weight is 364 g/mol. The first-order chi connectivity index (χ1) is 12.4. The van der Waals surface area contributed by atoms with Crippen LogP contribution in [0.5, 0.6) is 5.75 Å². The number of rotatable bonds is 3. The number of hydrogen-bond donors (Lipinski definition) is 2. The van der Waals surface area contributed by atoms with E-state index < -0.39 is 5.97 Å². The summed E-state index contributed by atoms with van der Waals surface area (Å²) in [7, 11) is 0. The number of carbonyl (C=O) groups is 1. The highest BCUT2D eigenvalue weighted by Gasteiger charge is 2.37. The van der Waals surface area contributed by atoms with Gasteiger partial charge in [-0.1, -0.05) is 52.5 Å². The summed E-state index contributed by atoms with van der Waals surface area (Å²) < 4.78 is 0. The van der Waals surface area contributed by atoms with Crippen molar-refractivity contribution in [3.63, 3.8) is 0 Å². The first-order valence-electron chi connectivity index (χ1n) is 9.35. The molecular formula is C24H28O3. The lowest BCUT2D eigenvalue weighted by Gasteiger charge is -2.42. The molecule has 0 unspecified atom stereocenters. The van der Waals surface area contributed by atoms with Crippen molar-refractivity contribution in [1.82, 2.24) is 0 Å². The number of benzene rings is 2. The van der Waals surface area contributed by atoms with Gasteiger partial charge in [-0.25, -0.2) is 4.79 Å². The van der Waals surface area contributed by atoms with Crippen LogP contribution in [0.2, 0.25) is 0 Å². The van der Waals surface area contributed by atoms with E-state index in [4.69, 9.17) is 5.11 Å². The number of carboxylic acids is 1. The number of carboxylic acid groups (broad SMARTS) is 1. The van der Waals surface area contributed by atoms with Crippen molar-refractivity contribution >= 4 is 11.5 Å². The fourth-order valence-electron chi connectivity index (χ4n) is 4.10. The fourth-order valence-corrected chi connectivity index (χ4v) is 4.10. The van der Waals surface area contributed by atoms with Crippen molar-refractivity contribution in [2.75, 3.05) is 0 Å². The number of aryl methyl sites for hydroxylation is 1. The van der Waals surface area contributed by atoms with E-state index in [1.807, 2.05) is 0 Å². The Balaban J connectivity index is 2.12. The van der Waals surface area contributed by atoms with Crippen LogP contribution in [-0.4, -0.2) is 16.2 Å². The molecule has 0 atom stereocenters. The van der Waals surface area contributed by atoms with Crippen LogP contribution >= 0.6 is 0 Å². The van der Waals surface area contributed by atoms with Crippen LogP contribution in [0.25, 0.3) is 5.57 Å². The van der Waals surface area contributed by atoms with Crippen LogP contribution in [-0.2, 0) is 10.8 Å². The van der Waals surface area contributed by atoms with Gasteiger partial charge in [-0.05, 0) is 76.1 Å². The molecule has 1 aliphatic rings. The molecule has 0 bridgehead atoms. The van der Waals surface area contributed by atoms with E-state index in [1.165, 1.54) is 23.3 Å². The molecule has 0 saturated heterocycles. The molecule has 0 amide bonds. The number of fused-ring (bicyclic) bond motifs is 1. The second-order valence-corrected chi connectivity index (χ2v) is 9.00. The second kappa shape index (κ2) is 6.26. The summed E-state index contributed by atoms with van der Waals surface area (Å²) in [6.07, 6.45) is 2.30.